The van der Waals surface area contributed by atoms with Gasteiger partial charge in [-0.1, -0.05) is 21.6 Å². The first-order chi connectivity index (χ1) is 6.42. The molecule has 0 atom stereocenters. The highest BCUT2D eigenvalue weighted by molar-refractivity contribution is 8.76. The molecule has 0 aliphatic rings. The Bertz CT molecular complexity index is 133. The van der Waals surface area contributed by atoms with Crippen LogP contribution in [0.3, 0.4) is 0 Å². The molecule has 0 aliphatic heterocycles. The van der Waals surface area contributed by atoms with E-state index in [1.54, 1.807) is 4.90 Å². The van der Waals surface area contributed by atoms with Gasteiger partial charge in [-0.3, -0.25) is 0 Å². The summed E-state index contributed by atoms with van der Waals surface area (Å²) in [5.74, 6) is 2.57. The van der Waals surface area contributed by atoms with E-state index in [0.717, 1.165) is 4.48 Å². The highest BCUT2D eigenvalue weighted by Gasteiger charge is 2.05. The van der Waals surface area contributed by atoms with E-state index in [0.29, 0.717) is 0 Å². The molecule has 0 bridgehead atoms. The van der Waals surface area contributed by atoms with Gasteiger partial charge in [0.25, 0.3) is 0 Å². The Kier molecular flexibility index (Phi) is 8.20. The van der Waals surface area contributed by atoms with E-state index in [9.17, 15) is 0 Å². The molecule has 86 valence electrons. The quantitative estimate of drug-likeness (QED) is 0.375. The Labute approximate surface area is 97.4 Å². The maximum Gasteiger partial charge on any atom is 0.0880 e. The molecule has 0 rings (SSSR count). The fourth-order valence-corrected chi connectivity index (χ4v) is 3.32. The van der Waals surface area contributed by atoms with E-state index in [1.807, 2.05) is 21.6 Å². The molecule has 0 radical (unpaired) electrons. The van der Waals surface area contributed by atoms with Crippen molar-refractivity contribution in [1.82, 2.24) is 0 Å². The average molecular weight is 238 g/mol. The van der Waals surface area contributed by atoms with Crippen molar-refractivity contribution in [1.29, 1.82) is 0 Å². The first-order valence-corrected chi connectivity index (χ1v) is 7.74. The Morgan fingerprint density at radius 2 is 1.57 bits per heavy atom. The number of hydrogen-bond donors (Lipinski definition) is 1. The molecular weight excluding hydrogens is 212 g/mol. The van der Waals surface area contributed by atoms with Crippen LogP contribution in [0.5, 0.6) is 0 Å². The van der Waals surface area contributed by atoms with Crippen molar-refractivity contribution in [3.63, 3.8) is 0 Å². The lowest BCUT2D eigenvalue weighted by Crippen LogP contribution is -3.05. The van der Waals surface area contributed by atoms with Gasteiger partial charge in [0, 0.05) is 12.2 Å². The van der Waals surface area contributed by atoms with Crippen LogP contribution in [-0.2, 0) is 0 Å². The van der Waals surface area contributed by atoms with Crippen molar-refractivity contribution in [2.75, 3.05) is 59.8 Å². The summed E-state index contributed by atoms with van der Waals surface area (Å²) in [5.41, 5.74) is 0. The second kappa shape index (κ2) is 7.85. The van der Waals surface area contributed by atoms with Crippen LogP contribution in [0.2, 0.25) is 0 Å². The van der Waals surface area contributed by atoms with Gasteiger partial charge in [-0.15, -0.1) is 0 Å². The molecule has 0 aromatic heterocycles. The van der Waals surface area contributed by atoms with E-state index in [4.69, 9.17) is 0 Å². The molecule has 1 N–H and O–H groups in total. The van der Waals surface area contributed by atoms with Gasteiger partial charge in [0.1, 0.15) is 0 Å². The summed E-state index contributed by atoms with van der Waals surface area (Å²) in [5, 5.41) is 0. The molecule has 0 fully saturated rings. The monoisotopic (exact) mass is 238 g/mol. The molecule has 0 unspecified atom stereocenters. The maximum absolute atomic E-state index is 2.25. The van der Waals surface area contributed by atoms with E-state index in [-0.39, 0.29) is 0 Å². The largest absolute Gasteiger partial charge is 0.340 e. The van der Waals surface area contributed by atoms with E-state index in [1.165, 1.54) is 31.0 Å². The van der Waals surface area contributed by atoms with Gasteiger partial charge in [0.15, 0.2) is 0 Å². The predicted molar refractivity (Wildman–Crippen MR) is 70.1 cm³/mol. The van der Waals surface area contributed by atoms with Crippen molar-refractivity contribution in [2.45, 2.75) is 6.42 Å². The van der Waals surface area contributed by atoms with E-state index < -0.39 is 0 Å². The van der Waals surface area contributed by atoms with Gasteiger partial charge in [-0.2, -0.15) is 0 Å². The van der Waals surface area contributed by atoms with Crippen molar-refractivity contribution in [2.24, 2.45) is 0 Å². The lowest BCUT2D eigenvalue weighted by Gasteiger charge is -2.23. The Morgan fingerprint density at radius 3 is 2.07 bits per heavy atom. The third-order valence-corrected chi connectivity index (χ3v) is 4.30. The smallest absolute Gasteiger partial charge is 0.0880 e. The maximum atomic E-state index is 2.25. The summed E-state index contributed by atoms with van der Waals surface area (Å²) >= 11 is 0. The summed E-state index contributed by atoms with van der Waals surface area (Å²) in [6.07, 6.45) is 1.34. The Hall–Kier alpha value is 0.620. The number of nitrogens with one attached hydrogen (secondary N) is 1. The SMILES string of the molecule is C[NH+](C)CCCSSCC[N+](C)(C)C. The van der Waals surface area contributed by atoms with Crippen LogP contribution >= 0.6 is 21.6 Å². The van der Waals surface area contributed by atoms with Crippen LogP contribution in [0.1, 0.15) is 6.42 Å². The molecule has 2 nitrogen and oxygen atoms in total. The molecule has 0 aliphatic carbocycles. The zero-order valence-corrected chi connectivity index (χ0v) is 11.9. The zero-order valence-electron chi connectivity index (χ0n) is 10.3. The van der Waals surface area contributed by atoms with Crippen LogP contribution in [0.4, 0.5) is 0 Å². The van der Waals surface area contributed by atoms with Gasteiger partial charge >= 0.3 is 0 Å². The van der Waals surface area contributed by atoms with Crippen LogP contribution in [0.15, 0.2) is 0 Å². The highest BCUT2D eigenvalue weighted by Crippen LogP contribution is 2.21. The standard InChI is InChI=1S/C10H25N2S2/c1-11(2)7-6-9-13-14-10-8-12(3,4)5/h6-10H2,1-5H3/q+1/p+1. The second-order valence-corrected chi connectivity index (χ2v) is 7.67. The Balaban J connectivity index is 3.07. The minimum atomic E-state index is 1.08. The third kappa shape index (κ3) is 12.6. The number of rotatable bonds is 8. The Morgan fingerprint density at radius 1 is 1.00 bits per heavy atom. The summed E-state index contributed by atoms with van der Waals surface area (Å²) in [7, 11) is 15.2. The molecule has 0 aromatic carbocycles. The number of nitrogens with zero attached hydrogens (tertiary/aromatic N) is 1. The van der Waals surface area contributed by atoms with Gasteiger partial charge in [-0.25, -0.2) is 0 Å². The summed E-state index contributed by atoms with van der Waals surface area (Å²) in [4.78, 5) is 1.56. The number of quaternary nitrogens is 2. The molecule has 0 aromatic rings. The van der Waals surface area contributed by atoms with Crippen molar-refractivity contribution < 1.29 is 9.38 Å². The van der Waals surface area contributed by atoms with Crippen LogP contribution in [0.25, 0.3) is 0 Å². The second-order valence-electron chi connectivity index (χ2n) is 4.97. The number of hydrogen-bond acceptors (Lipinski definition) is 2. The molecule has 0 amide bonds. The van der Waals surface area contributed by atoms with Crippen LogP contribution < -0.4 is 4.90 Å². The van der Waals surface area contributed by atoms with Gasteiger partial charge < -0.3 is 9.38 Å². The van der Waals surface area contributed by atoms with Crippen molar-refractivity contribution in [3.8, 4) is 0 Å². The van der Waals surface area contributed by atoms with Crippen molar-refractivity contribution >= 4 is 21.6 Å². The molecule has 4 heteroatoms. The van der Waals surface area contributed by atoms with Gasteiger partial charge in [0.05, 0.1) is 54.1 Å². The topological polar surface area (TPSA) is 4.44 Å². The van der Waals surface area contributed by atoms with Crippen LogP contribution in [0, 0.1) is 0 Å². The fourth-order valence-electron chi connectivity index (χ4n) is 0.914. The minimum Gasteiger partial charge on any atom is -0.340 e. The van der Waals surface area contributed by atoms with E-state index in [2.05, 4.69) is 35.2 Å². The molecule has 0 heterocycles. The fraction of sp³-hybridized carbons (Fsp3) is 1.00. The lowest BCUT2D eigenvalue weighted by molar-refractivity contribution is -0.867. The average Bonchev–Trinajstić information content (AvgIpc) is 2.00. The minimum absolute atomic E-state index is 1.08. The molecule has 14 heavy (non-hydrogen) atoms. The van der Waals surface area contributed by atoms with Gasteiger partial charge in [-0.05, 0) is 0 Å². The molecule has 0 saturated heterocycles. The summed E-state index contributed by atoms with van der Waals surface area (Å²) in [6.45, 7) is 2.56. The lowest BCUT2D eigenvalue weighted by atomic mass is 10.5. The molecular formula is C10H26N2S2+2. The molecule has 0 saturated carbocycles. The summed E-state index contributed by atoms with van der Waals surface area (Å²) in [6, 6.07) is 0. The molecule has 0 spiro atoms. The van der Waals surface area contributed by atoms with E-state index >= 15 is 0 Å². The predicted octanol–water partition coefficient (Wildman–Crippen LogP) is 0.609. The van der Waals surface area contributed by atoms with Crippen LogP contribution in [-0.4, -0.2) is 64.3 Å². The third-order valence-electron chi connectivity index (χ3n) is 1.83. The first-order valence-electron chi connectivity index (χ1n) is 5.26. The van der Waals surface area contributed by atoms with Crippen molar-refractivity contribution in [3.05, 3.63) is 0 Å². The normalized spacial score (nSPS) is 12.4. The summed E-state index contributed by atoms with van der Waals surface area (Å²) < 4.78 is 1.08. The van der Waals surface area contributed by atoms with Gasteiger partial charge in [0.2, 0.25) is 0 Å². The zero-order chi connectivity index (χ0) is 11.0. The first kappa shape index (κ1) is 14.6. The highest BCUT2D eigenvalue weighted by atomic mass is 33.1.